The molecule has 2 bridgehead atoms. The number of hydrogen-bond acceptors (Lipinski definition) is 5. The zero-order valence-electron chi connectivity index (χ0n) is 13.6. The van der Waals surface area contributed by atoms with Crippen LogP contribution in [-0.2, 0) is 19.1 Å². The summed E-state index contributed by atoms with van der Waals surface area (Å²) in [6, 6.07) is 6.35. The van der Waals surface area contributed by atoms with E-state index >= 15 is 0 Å². The van der Waals surface area contributed by atoms with Crippen molar-refractivity contribution in [2.24, 2.45) is 11.8 Å². The first-order valence-corrected chi connectivity index (χ1v) is 7.82. The molecule has 0 aliphatic carbocycles. The SMILES string of the molecule is CC(=O)Oc1ccc(N2C(=O)[C@H]3[C@H](C2=O)[C@@]2(C)C=C[C@@]3(C)O2)cc1. The molecule has 3 aliphatic rings. The molecule has 0 N–H and O–H groups in total. The summed E-state index contributed by atoms with van der Waals surface area (Å²) < 4.78 is 10.9. The van der Waals surface area contributed by atoms with Crippen LogP contribution >= 0.6 is 0 Å². The fourth-order valence-electron chi connectivity index (χ4n) is 4.11. The fourth-order valence-corrected chi connectivity index (χ4v) is 4.11. The van der Waals surface area contributed by atoms with Gasteiger partial charge in [0.25, 0.3) is 0 Å². The molecule has 4 rings (SSSR count). The Kier molecular flexibility index (Phi) is 2.85. The minimum absolute atomic E-state index is 0.249. The Bertz CT molecular complexity index is 762. The molecule has 2 amide bonds. The number of imide groups is 1. The van der Waals surface area contributed by atoms with Crippen molar-refractivity contribution in [3.8, 4) is 5.75 Å². The Morgan fingerprint density at radius 1 is 1.04 bits per heavy atom. The lowest BCUT2D eigenvalue weighted by molar-refractivity contribution is -0.132. The van der Waals surface area contributed by atoms with Crippen LogP contribution < -0.4 is 9.64 Å². The molecule has 1 aromatic rings. The number of ether oxygens (including phenoxy) is 2. The molecule has 0 saturated carbocycles. The van der Waals surface area contributed by atoms with Gasteiger partial charge < -0.3 is 9.47 Å². The van der Waals surface area contributed by atoms with E-state index in [9.17, 15) is 14.4 Å². The first kappa shape index (κ1) is 15.1. The van der Waals surface area contributed by atoms with Crippen molar-refractivity contribution in [1.82, 2.24) is 0 Å². The van der Waals surface area contributed by atoms with Gasteiger partial charge in [-0.05, 0) is 38.1 Å². The van der Waals surface area contributed by atoms with Crippen LogP contribution in [0.1, 0.15) is 20.8 Å². The second kappa shape index (κ2) is 4.54. The lowest BCUT2D eigenvalue weighted by Crippen LogP contribution is -2.39. The standard InChI is InChI=1S/C18H17NO5/c1-10(20)23-12-6-4-11(5-7-12)19-15(21)13-14(16(19)22)18(3)9-8-17(13,2)24-18/h4-9,13-14H,1-3H3/t13-,14-,17-,18-/m1/s1. The molecule has 0 radical (unpaired) electrons. The molecule has 2 saturated heterocycles. The van der Waals surface area contributed by atoms with Gasteiger partial charge in [-0.2, -0.15) is 0 Å². The van der Waals surface area contributed by atoms with Gasteiger partial charge >= 0.3 is 5.97 Å². The van der Waals surface area contributed by atoms with Crippen molar-refractivity contribution in [3.63, 3.8) is 0 Å². The molecule has 24 heavy (non-hydrogen) atoms. The maximum absolute atomic E-state index is 12.9. The van der Waals surface area contributed by atoms with Gasteiger partial charge in [0.15, 0.2) is 0 Å². The van der Waals surface area contributed by atoms with Gasteiger partial charge in [0.05, 0.1) is 28.7 Å². The summed E-state index contributed by atoms with van der Waals surface area (Å²) in [6.45, 7) is 5.00. The van der Waals surface area contributed by atoms with Crippen molar-refractivity contribution < 1.29 is 23.9 Å². The van der Waals surface area contributed by atoms with Crippen LogP contribution in [0.15, 0.2) is 36.4 Å². The summed E-state index contributed by atoms with van der Waals surface area (Å²) >= 11 is 0. The molecular formula is C18H17NO5. The Labute approximate surface area is 139 Å². The van der Waals surface area contributed by atoms with Gasteiger partial charge in [0, 0.05) is 6.92 Å². The summed E-state index contributed by atoms with van der Waals surface area (Å²) in [5, 5.41) is 0. The minimum Gasteiger partial charge on any atom is -0.427 e. The Hall–Kier alpha value is -2.47. The second-order valence-corrected chi connectivity index (χ2v) is 6.86. The van der Waals surface area contributed by atoms with E-state index < -0.39 is 29.0 Å². The zero-order chi connectivity index (χ0) is 17.3. The number of anilines is 1. The van der Waals surface area contributed by atoms with Crippen molar-refractivity contribution in [1.29, 1.82) is 0 Å². The van der Waals surface area contributed by atoms with Crippen LogP contribution in [0.25, 0.3) is 0 Å². The zero-order valence-corrected chi connectivity index (χ0v) is 13.6. The van der Waals surface area contributed by atoms with Crippen LogP contribution in [0, 0.1) is 11.8 Å². The number of rotatable bonds is 2. The third kappa shape index (κ3) is 1.83. The largest absolute Gasteiger partial charge is 0.427 e. The molecule has 0 unspecified atom stereocenters. The number of hydrogen-bond donors (Lipinski definition) is 0. The van der Waals surface area contributed by atoms with Crippen molar-refractivity contribution in [2.45, 2.75) is 32.0 Å². The summed E-state index contributed by atoms with van der Waals surface area (Å²) in [6.07, 6.45) is 3.76. The molecule has 3 heterocycles. The number of fused-ring (bicyclic) bond motifs is 5. The van der Waals surface area contributed by atoms with Gasteiger partial charge in [-0.3, -0.25) is 14.4 Å². The topological polar surface area (TPSA) is 72.9 Å². The number of carbonyl (C=O) groups is 3. The summed E-state index contributed by atoms with van der Waals surface area (Å²) in [7, 11) is 0. The van der Waals surface area contributed by atoms with E-state index in [0.29, 0.717) is 11.4 Å². The van der Waals surface area contributed by atoms with Crippen molar-refractivity contribution >= 4 is 23.5 Å². The fraction of sp³-hybridized carbons (Fsp3) is 0.389. The summed E-state index contributed by atoms with van der Waals surface area (Å²) in [4.78, 5) is 38.0. The predicted octanol–water partition coefficient (Wildman–Crippen LogP) is 1.83. The molecule has 3 aliphatic heterocycles. The molecule has 6 nitrogen and oxygen atoms in total. The van der Waals surface area contributed by atoms with Gasteiger partial charge in [0.2, 0.25) is 11.8 Å². The number of nitrogens with zero attached hydrogens (tertiary/aromatic N) is 1. The van der Waals surface area contributed by atoms with Crippen LogP contribution in [0.2, 0.25) is 0 Å². The average molecular weight is 327 g/mol. The smallest absolute Gasteiger partial charge is 0.308 e. The molecule has 2 fully saturated rings. The number of amides is 2. The van der Waals surface area contributed by atoms with Crippen LogP contribution in [-0.4, -0.2) is 29.0 Å². The molecule has 0 aromatic heterocycles. The quantitative estimate of drug-likeness (QED) is 0.359. The van der Waals surface area contributed by atoms with Crippen molar-refractivity contribution in [2.75, 3.05) is 4.90 Å². The Balaban J connectivity index is 1.68. The van der Waals surface area contributed by atoms with Gasteiger partial charge in [-0.25, -0.2) is 4.90 Å². The van der Waals surface area contributed by atoms with E-state index in [1.807, 2.05) is 26.0 Å². The first-order valence-electron chi connectivity index (χ1n) is 7.82. The highest BCUT2D eigenvalue weighted by Crippen LogP contribution is 2.57. The van der Waals surface area contributed by atoms with Crippen molar-refractivity contribution in [3.05, 3.63) is 36.4 Å². The van der Waals surface area contributed by atoms with Gasteiger partial charge in [0.1, 0.15) is 5.75 Å². The van der Waals surface area contributed by atoms with E-state index in [-0.39, 0.29) is 11.8 Å². The van der Waals surface area contributed by atoms with E-state index in [4.69, 9.17) is 9.47 Å². The lowest BCUT2D eigenvalue weighted by Gasteiger charge is -2.25. The lowest BCUT2D eigenvalue weighted by atomic mass is 9.73. The van der Waals surface area contributed by atoms with Crippen LogP contribution in [0.3, 0.4) is 0 Å². The molecule has 1 aromatic carbocycles. The van der Waals surface area contributed by atoms with Crippen LogP contribution in [0.5, 0.6) is 5.75 Å². The Morgan fingerprint density at radius 3 is 2.00 bits per heavy atom. The monoisotopic (exact) mass is 327 g/mol. The molecule has 4 atom stereocenters. The minimum atomic E-state index is -0.738. The normalized spacial score (nSPS) is 36.4. The van der Waals surface area contributed by atoms with Gasteiger partial charge in [-0.1, -0.05) is 12.2 Å². The number of carbonyl (C=O) groups excluding carboxylic acids is 3. The average Bonchev–Trinajstić information content (AvgIpc) is 3.04. The third-order valence-corrected chi connectivity index (χ3v) is 5.08. The second-order valence-electron chi connectivity index (χ2n) is 6.86. The summed E-state index contributed by atoms with van der Waals surface area (Å²) in [5.41, 5.74) is -1.00. The van der Waals surface area contributed by atoms with Gasteiger partial charge in [-0.15, -0.1) is 0 Å². The maximum Gasteiger partial charge on any atom is 0.308 e. The van der Waals surface area contributed by atoms with E-state index in [1.54, 1.807) is 24.3 Å². The molecule has 0 spiro atoms. The molecule has 124 valence electrons. The summed E-state index contributed by atoms with van der Waals surface area (Å²) in [5.74, 6) is -1.57. The predicted molar refractivity (Wildman–Crippen MR) is 84.3 cm³/mol. The first-order chi connectivity index (χ1) is 11.3. The maximum atomic E-state index is 12.9. The highest BCUT2D eigenvalue weighted by molar-refractivity contribution is 6.23. The number of esters is 1. The van der Waals surface area contributed by atoms with E-state index in [0.717, 1.165) is 0 Å². The van der Waals surface area contributed by atoms with E-state index in [1.165, 1.54) is 11.8 Å². The highest BCUT2D eigenvalue weighted by atomic mass is 16.5. The molecular weight excluding hydrogens is 310 g/mol. The highest BCUT2D eigenvalue weighted by Gasteiger charge is 2.70. The Morgan fingerprint density at radius 2 is 1.54 bits per heavy atom. The van der Waals surface area contributed by atoms with E-state index in [2.05, 4.69) is 0 Å². The van der Waals surface area contributed by atoms with Crippen LogP contribution in [0.4, 0.5) is 5.69 Å². The molecule has 6 heteroatoms. The number of benzene rings is 1. The third-order valence-electron chi connectivity index (χ3n) is 5.08.